The van der Waals surface area contributed by atoms with Crippen molar-refractivity contribution in [3.05, 3.63) is 0 Å². The molecule has 4 nitrogen and oxygen atoms in total. The first-order valence-corrected chi connectivity index (χ1v) is 4.20. The number of carbonyl (C=O) groups excluding carboxylic acids is 2. The highest BCUT2D eigenvalue weighted by Crippen LogP contribution is 2.03. The van der Waals surface area contributed by atoms with Gasteiger partial charge in [-0.2, -0.15) is 5.26 Å². The summed E-state index contributed by atoms with van der Waals surface area (Å²) in [6, 6.07) is 2.01. The maximum atomic E-state index is 10.9. The second-order valence-electron chi connectivity index (χ2n) is 2.63. The SMILES string of the molecule is COC(=O)C(=O)CCCCCC#N. The second kappa shape index (κ2) is 7.29. The number of ether oxygens (including phenoxy) is 1. The summed E-state index contributed by atoms with van der Waals surface area (Å²) < 4.78 is 4.25. The third-order valence-electron chi connectivity index (χ3n) is 1.61. The van der Waals surface area contributed by atoms with E-state index in [0.29, 0.717) is 12.8 Å². The van der Waals surface area contributed by atoms with Gasteiger partial charge in [0.05, 0.1) is 13.2 Å². The van der Waals surface area contributed by atoms with Crippen LogP contribution < -0.4 is 0 Å². The first-order valence-electron chi connectivity index (χ1n) is 4.20. The van der Waals surface area contributed by atoms with Crippen LogP contribution in [-0.2, 0) is 14.3 Å². The molecule has 0 aromatic heterocycles. The summed E-state index contributed by atoms with van der Waals surface area (Å²) in [5.74, 6) is -1.26. The van der Waals surface area contributed by atoms with E-state index in [1.165, 1.54) is 7.11 Å². The summed E-state index contributed by atoms with van der Waals surface area (Å²) in [6.45, 7) is 0. The van der Waals surface area contributed by atoms with E-state index in [9.17, 15) is 9.59 Å². The fraction of sp³-hybridized carbons (Fsp3) is 0.667. The molecule has 4 heteroatoms. The molecule has 0 saturated heterocycles. The van der Waals surface area contributed by atoms with E-state index in [2.05, 4.69) is 4.74 Å². The van der Waals surface area contributed by atoms with Crippen molar-refractivity contribution in [2.24, 2.45) is 0 Å². The lowest BCUT2D eigenvalue weighted by atomic mass is 10.1. The molecule has 0 aliphatic carbocycles. The lowest BCUT2D eigenvalue weighted by Crippen LogP contribution is -2.14. The van der Waals surface area contributed by atoms with E-state index in [-0.39, 0.29) is 6.42 Å². The van der Waals surface area contributed by atoms with Crippen molar-refractivity contribution in [2.75, 3.05) is 7.11 Å². The van der Waals surface area contributed by atoms with Crippen molar-refractivity contribution in [3.8, 4) is 6.07 Å². The van der Waals surface area contributed by atoms with Crippen molar-refractivity contribution < 1.29 is 14.3 Å². The molecule has 0 aliphatic heterocycles. The standard InChI is InChI=1S/C9H13NO3/c1-13-9(12)8(11)6-4-2-3-5-7-10/h2-6H2,1H3. The van der Waals surface area contributed by atoms with Gasteiger partial charge in [0.25, 0.3) is 0 Å². The van der Waals surface area contributed by atoms with Gasteiger partial charge in [-0.1, -0.05) is 6.42 Å². The van der Waals surface area contributed by atoms with Crippen molar-refractivity contribution in [1.29, 1.82) is 5.26 Å². The van der Waals surface area contributed by atoms with Crippen LogP contribution in [0.4, 0.5) is 0 Å². The van der Waals surface area contributed by atoms with Gasteiger partial charge in [-0.3, -0.25) is 4.79 Å². The zero-order valence-electron chi connectivity index (χ0n) is 7.71. The van der Waals surface area contributed by atoms with Gasteiger partial charge < -0.3 is 4.74 Å². The largest absolute Gasteiger partial charge is 0.463 e. The Balaban J connectivity index is 3.38. The molecule has 0 N–H and O–H groups in total. The Morgan fingerprint density at radius 3 is 2.54 bits per heavy atom. The number of rotatable bonds is 6. The molecule has 0 saturated carbocycles. The van der Waals surface area contributed by atoms with Crippen LogP contribution in [0, 0.1) is 11.3 Å². The van der Waals surface area contributed by atoms with Gasteiger partial charge in [0.1, 0.15) is 0 Å². The minimum absolute atomic E-state index is 0.220. The minimum atomic E-state index is -0.778. The van der Waals surface area contributed by atoms with Gasteiger partial charge in [-0.05, 0) is 12.8 Å². The van der Waals surface area contributed by atoms with E-state index in [4.69, 9.17) is 5.26 Å². The lowest BCUT2D eigenvalue weighted by molar-refractivity contribution is -0.151. The molecule has 0 radical (unpaired) electrons. The number of unbranched alkanes of at least 4 members (excludes halogenated alkanes) is 3. The lowest BCUT2D eigenvalue weighted by Gasteiger charge is -1.97. The van der Waals surface area contributed by atoms with Gasteiger partial charge in [0.2, 0.25) is 5.78 Å². The average molecular weight is 183 g/mol. The molecule has 72 valence electrons. The number of ketones is 1. The zero-order chi connectivity index (χ0) is 10.1. The molecule has 0 atom stereocenters. The van der Waals surface area contributed by atoms with Crippen LogP contribution in [0.2, 0.25) is 0 Å². The molecule has 0 bridgehead atoms. The highest BCUT2D eigenvalue weighted by atomic mass is 16.5. The molecule has 0 amide bonds. The van der Waals surface area contributed by atoms with E-state index in [1.807, 2.05) is 6.07 Å². The van der Waals surface area contributed by atoms with Gasteiger partial charge in [0, 0.05) is 12.8 Å². The van der Waals surface area contributed by atoms with Crippen LogP contribution in [0.3, 0.4) is 0 Å². The molecule has 0 aromatic carbocycles. The fourth-order valence-electron chi connectivity index (χ4n) is 0.882. The van der Waals surface area contributed by atoms with Crippen molar-refractivity contribution in [2.45, 2.75) is 32.1 Å². The Morgan fingerprint density at radius 2 is 2.00 bits per heavy atom. The molecule has 0 fully saturated rings. The number of nitriles is 1. The van der Waals surface area contributed by atoms with E-state index in [1.54, 1.807) is 0 Å². The number of methoxy groups -OCH3 is 1. The number of hydrogen-bond donors (Lipinski definition) is 0. The van der Waals surface area contributed by atoms with Gasteiger partial charge in [0.15, 0.2) is 0 Å². The third kappa shape index (κ3) is 5.85. The Hall–Kier alpha value is -1.37. The predicted octanol–water partition coefficient (Wildman–Crippen LogP) is 1.20. The number of esters is 1. The minimum Gasteiger partial charge on any atom is -0.463 e. The topological polar surface area (TPSA) is 67.2 Å². The number of Topliss-reactive ketones (excluding diaryl/α,β-unsaturated/α-hetero) is 1. The monoisotopic (exact) mass is 183 g/mol. The Bertz CT molecular complexity index is 217. The highest BCUT2D eigenvalue weighted by molar-refractivity contribution is 6.33. The van der Waals surface area contributed by atoms with Crippen LogP contribution in [-0.4, -0.2) is 18.9 Å². The molecule has 0 rings (SSSR count). The molecular formula is C9H13NO3. The van der Waals surface area contributed by atoms with E-state index in [0.717, 1.165) is 12.8 Å². The van der Waals surface area contributed by atoms with Gasteiger partial charge in [-0.15, -0.1) is 0 Å². The normalized spacial score (nSPS) is 8.92. The van der Waals surface area contributed by atoms with Crippen LogP contribution in [0.25, 0.3) is 0 Å². The first-order chi connectivity index (χ1) is 6.22. The summed E-state index contributed by atoms with van der Waals surface area (Å²) in [6.07, 6.45) is 2.96. The third-order valence-corrected chi connectivity index (χ3v) is 1.61. The summed E-state index contributed by atoms with van der Waals surface area (Å²) in [5.41, 5.74) is 0. The summed E-state index contributed by atoms with van der Waals surface area (Å²) >= 11 is 0. The van der Waals surface area contributed by atoms with Gasteiger partial charge in [-0.25, -0.2) is 4.79 Å². The molecule has 0 spiro atoms. The molecule has 0 aromatic rings. The molecule has 0 heterocycles. The number of carbonyl (C=O) groups is 2. The highest BCUT2D eigenvalue weighted by Gasteiger charge is 2.12. The van der Waals surface area contributed by atoms with Crippen LogP contribution in [0.15, 0.2) is 0 Å². The van der Waals surface area contributed by atoms with Crippen molar-refractivity contribution in [1.82, 2.24) is 0 Å². The maximum absolute atomic E-state index is 10.9. The number of hydrogen-bond acceptors (Lipinski definition) is 4. The molecule has 13 heavy (non-hydrogen) atoms. The van der Waals surface area contributed by atoms with Gasteiger partial charge >= 0.3 is 5.97 Å². The number of nitrogens with zero attached hydrogens (tertiary/aromatic N) is 1. The zero-order valence-corrected chi connectivity index (χ0v) is 7.71. The summed E-state index contributed by atoms with van der Waals surface area (Å²) in [4.78, 5) is 21.5. The van der Waals surface area contributed by atoms with E-state index < -0.39 is 11.8 Å². The molecule has 0 unspecified atom stereocenters. The molecular weight excluding hydrogens is 170 g/mol. The summed E-state index contributed by atoms with van der Waals surface area (Å²) in [7, 11) is 1.19. The average Bonchev–Trinajstić information content (AvgIpc) is 2.16. The Labute approximate surface area is 77.5 Å². The molecule has 0 aliphatic rings. The summed E-state index contributed by atoms with van der Waals surface area (Å²) in [5, 5.41) is 8.21. The second-order valence-corrected chi connectivity index (χ2v) is 2.63. The first kappa shape index (κ1) is 11.6. The van der Waals surface area contributed by atoms with Crippen LogP contribution in [0.5, 0.6) is 0 Å². The smallest absolute Gasteiger partial charge is 0.374 e. The quantitative estimate of drug-likeness (QED) is 0.352. The van der Waals surface area contributed by atoms with Crippen LogP contribution >= 0.6 is 0 Å². The van der Waals surface area contributed by atoms with Crippen LogP contribution in [0.1, 0.15) is 32.1 Å². The van der Waals surface area contributed by atoms with Crippen molar-refractivity contribution in [3.63, 3.8) is 0 Å². The maximum Gasteiger partial charge on any atom is 0.374 e. The Morgan fingerprint density at radius 1 is 1.31 bits per heavy atom. The van der Waals surface area contributed by atoms with E-state index >= 15 is 0 Å². The fourth-order valence-corrected chi connectivity index (χ4v) is 0.882. The predicted molar refractivity (Wildman–Crippen MR) is 45.7 cm³/mol. The van der Waals surface area contributed by atoms with Crippen molar-refractivity contribution >= 4 is 11.8 Å². The Kier molecular flexibility index (Phi) is 6.52.